The smallest absolute Gasteiger partial charge is 0.236 e. The molecule has 1 saturated heterocycles. The number of amides is 1. The predicted molar refractivity (Wildman–Crippen MR) is 81.7 cm³/mol. The van der Waals surface area contributed by atoms with Gasteiger partial charge in [0.05, 0.1) is 12.1 Å². The molecule has 1 fully saturated rings. The Bertz CT molecular complexity index is 458. The number of nitrogens with one attached hydrogen (secondary N) is 1. The van der Waals surface area contributed by atoms with E-state index in [0.29, 0.717) is 6.54 Å². The van der Waals surface area contributed by atoms with E-state index < -0.39 is 6.04 Å². The van der Waals surface area contributed by atoms with Crippen LogP contribution in [0.15, 0.2) is 24.3 Å². The van der Waals surface area contributed by atoms with Gasteiger partial charge in [-0.05, 0) is 50.6 Å². The predicted octanol–water partition coefficient (Wildman–Crippen LogP) is 1.94. The van der Waals surface area contributed by atoms with E-state index in [1.165, 1.54) is 12.8 Å². The molecule has 5 heteroatoms. The average Bonchev–Trinajstić information content (AvgIpc) is 2.92. The van der Waals surface area contributed by atoms with Crippen LogP contribution in [0.3, 0.4) is 0 Å². The third kappa shape index (κ3) is 3.95. The van der Waals surface area contributed by atoms with Gasteiger partial charge in [-0.2, -0.15) is 0 Å². The molecular weight excluding hydrogens is 274 g/mol. The molecule has 3 N–H and O–H groups in total. The van der Waals surface area contributed by atoms with Gasteiger partial charge >= 0.3 is 0 Å². The number of likely N-dealkylation sites (tertiary alicyclic amines) is 1. The van der Waals surface area contributed by atoms with Crippen molar-refractivity contribution < 1.29 is 4.79 Å². The SMILES string of the molecule is C[C@@H](N)C(=O)NCC(c1cccc(Cl)c1)N1CCCC1. The Balaban J connectivity index is 2.10. The first kappa shape index (κ1) is 15.3. The maximum absolute atomic E-state index is 11.7. The van der Waals surface area contributed by atoms with Crippen LogP contribution < -0.4 is 11.1 Å². The molecule has 1 amide bonds. The Morgan fingerprint density at radius 1 is 1.45 bits per heavy atom. The molecule has 110 valence electrons. The number of carbonyl (C=O) groups excluding carboxylic acids is 1. The van der Waals surface area contributed by atoms with Gasteiger partial charge in [-0.15, -0.1) is 0 Å². The summed E-state index contributed by atoms with van der Waals surface area (Å²) in [6.07, 6.45) is 2.41. The molecule has 1 aliphatic heterocycles. The Kier molecular flexibility index (Phi) is 5.40. The van der Waals surface area contributed by atoms with Gasteiger partial charge in [-0.1, -0.05) is 23.7 Å². The molecule has 0 radical (unpaired) electrons. The summed E-state index contributed by atoms with van der Waals surface area (Å²) in [5, 5.41) is 3.66. The third-order valence-electron chi connectivity index (χ3n) is 3.70. The molecule has 1 unspecified atom stereocenters. The summed E-state index contributed by atoms with van der Waals surface area (Å²) >= 11 is 6.08. The lowest BCUT2D eigenvalue weighted by molar-refractivity contribution is -0.122. The van der Waals surface area contributed by atoms with Crippen LogP contribution in [-0.2, 0) is 4.79 Å². The first-order chi connectivity index (χ1) is 9.58. The van der Waals surface area contributed by atoms with E-state index in [-0.39, 0.29) is 11.9 Å². The van der Waals surface area contributed by atoms with Crippen molar-refractivity contribution in [1.29, 1.82) is 0 Å². The van der Waals surface area contributed by atoms with Crippen LogP contribution in [0.25, 0.3) is 0 Å². The number of hydrogen-bond donors (Lipinski definition) is 2. The molecule has 2 rings (SSSR count). The van der Waals surface area contributed by atoms with Crippen LogP contribution in [0.4, 0.5) is 0 Å². The van der Waals surface area contributed by atoms with Crippen molar-refractivity contribution in [1.82, 2.24) is 10.2 Å². The quantitative estimate of drug-likeness (QED) is 0.873. The Morgan fingerprint density at radius 2 is 2.15 bits per heavy atom. The number of nitrogens with two attached hydrogens (primary N) is 1. The van der Waals surface area contributed by atoms with E-state index >= 15 is 0 Å². The molecule has 1 aromatic rings. The van der Waals surface area contributed by atoms with Crippen molar-refractivity contribution in [2.75, 3.05) is 19.6 Å². The van der Waals surface area contributed by atoms with Gasteiger partial charge in [-0.3, -0.25) is 9.69 Å². The molecule has 20 heavy (non-hydrogen) atoms. The molecular formula is C15H22ClN3O. The second kappa shape index (κ2) is 7.07. The highest BCUT2D eigenvalue weighted by atomic mass is 35.5. The van der Waals surface area contributed by atoms with Gasteiger partial charge in [0.15, 0.2) is 0 Å². The van der Waals surface area contributed by atoms with Crippen molar-refractivity contribution in [3.8, 4) is 0 Å². The summed E-state index contributed by atoms with van der Waals surface area (Å²) in [6.45, 7) is 4.39. The third-order valence-corrected chi connectivity index (χ3v) is 3.93. The molecule has 2 atom stereocenters. The Morgan fingerprint density at radius 3 is 2.75 bits per heavy atom. The van der Waals surface area contributed by atoms with Gasteiger partial charge in [0.25, 0.3) is 0 Å². The van der Waals surface area contributed by atoms with Crippen molar-refractivity contribution in [2.45, 2.75) is 31.8 Å². The van der Waals surface area contributed by atoms with E-state index in [9.17, 15) is 4.79 Å². The molecule has 0 bridgehead atoms. The summed E-state index contributed by atoms with van der Waals surface area (Å²) in [6, 6.07) is 7.54. The van der Waals surface area contributed by atoms with Crippen LogP contribution in [0.5, 0.6) is 0 Å². The zero-order chi connectivity index (χ0) is 14.5. The second-order valence-corrected chi connectivity index (χ2v) is 5.78. The van der Waals surface area contributed by atoms with E-state index in [4.69, 9.17) is 17.3 Å². The normalized spacial score (nSPS) is 18.8. The number of carbonyl (C=O) groups is 1. The van der Waals surface area contributed by atoms with Crippen LogP contribution in [0.2, 0.25) is 5.02 Å². The lowest BCUT2D eigenvalue weighted by Gasteiger charge is -2.28. The first-order valence-corrected chi connectivity index (χ1v) is 7.48. The van der Waals surface area contributed by atoms with Crippen molar-refractivity contribution in [3.05, 3.63) is 34.9 Å². The molecule has 1 aromatic carbocycles. The van der Waals surface area contributed by atoms with Gasteiger partial charge in [0.1, 0.15) is 0 Å². The molecule has 0 aromatic heterocycles. The fourth-order valence-corrected chi connectivity index (χ4v) is 2.78. The summed E-state index contributed by atoms with van der Waals surface area (Å²) in [4.78, 5) is 14.1. The van der Waals surface area contributed by atoms with Crippen LogP contribution in [-0.4, -0.2) is 36.5 Å². The fourth-order valence-electron chi connectivity index (χ4n) is 2.58. The minimum absolute atomic E-state index is 0.115. The molecule has 1 aliphatic rings. The summed E-state index contributed by atoms with van der Waals surface area (Å²) in [7, 11) is 0. The van der Waals surface area contributed by atoms with Crippen LogP contribution >= 0.6 is 11.6 Å². The number of hydrogen-bond acceptors (Lipinski definition) is 3. The van der Waals surface area contributed by atoms with Gasteiger partial charge in [0.2, 0.25) is 5.91 Å². The molecule has 0 saturated carbocycles. The summed E-state index contributed by atoms with van der Waals surface area (Å²) < 4.78 is 0. The van der Waals surface area contributed by atoms with Crippen molar-refractivity contribution >= 4 is 17.5 Å². The van der Waals surface area contributed by atoms with Crippen molar-refractivity contribution in [3.63, 3.8) is 0 Å². The first-order valence-electron chi connectivity index (χ1n) is 7.10. The maximum atomic E-state index is 11.7. The molecule has 1 heterocycles. The minimum Gasteiger partial charge on any atom is -0.353 e. The van der Waals surface area contributed by atoms with Crippen LogP contribution in [0.1, 0.15) is 31.4 Å². The largest absolute Gasteiger partial charge is 0.353 e. The summed E-state index contributed by atoms with van der Waals surface area (Å²) in [5.74, 6) is -0.115. The highest BCUT2D eigenvalue weighted by molar-refractivity contribution is 6.30. The highest BCUT2D eigenvalue weighted by Gasteiger charge is 2.24. The number of benzene rings is 1. The lowest BCUT2D eigenvalue weighted by Crippen LogP contribution is -2.43. The number of halogens is 1. The van der Waals surface area contributed by atoms with E-state index in [2.05, 4.69) is 16.3 Å². The Hall–Kier alpha value is -1.10. The second-order valence-electron chi connectivity index (χ2n) is 5.35. The Labute approximate surface area is 125 Å². The zero-order valence-corrected chi connectivity index (χ0v) is 12.6. The van der Waals surface area contributed by atoms with Crippen LogP contribution in [0, 0.1) is 0 Å². The maximum Gasteiger partial charge on any atom is 0.236 e. The van der Waals surface area contributed by atoms with Crippen molar-refractivity contribution in [2.24, 2.45) is 5.73 Å². The topological polar surface area (TPSA) is 58.4 Å². The van der Waals surface area contributed by atoms with Gasteiger partial charge in [-0.25, -0.2) is 0 Å². The fraction of sp³-hybridized carbons (Fsp3) is 0.533. The average molecular weight is 296 g/mol. The van der Waals surface area contributed by atoms with E-state index in [1.807, 2.05) is 18.2 Å². The summed E-state index contributed by atoms with van der Waals surface area (Å²) in [5.41, 5.74) is 6.73. The van der Waals surface area contributed by atoms with Gasteiger partial charge in [0, 0.05) is 11.6 Å². The standard InChI is InChI=1S/C15H22ClN3O/c1-11(17)15(20)18-10-14(19-7-2-3-8-19)12-5-4-6-13(16)9-12/h4-6,9,11,14H,2-3,7-8,10,17H2,1H3,(H,18,20)/t11-,14?/m1/s1. The molecule has 4 nitrogen and oxygen atoms in total. The minimum atomic E-state index is -0.478. The molecule has 0 spiro atoms. The zero-order valence-electron chi connectivity index (χ0n) is 11.8. The molecule has 0 aliphatic carbocycles. The number of rotatable bonds is 5. The monoisotopic (exact) mass is 295 g/mol. The van der Waals surface area contributed by atoms with Gasteiger partial charge < -0.3 is 11.1 Å². The number of nitrogens with zero attached hydrogens (tertiary/aromatic N) is 1. The lowest BCUT2D eigenvalue weighted by atomic mass is 10.1. The van der Waals surface area contributed by atoms with E-state index in [1.54, 1.807) is 6.92 Å². The highest BCUT2D eigenvalue weighted by Crippen LogP contribution is 2.26. The van der Waals surface area contributed by atoms with E-state index in [0.717, 1.165) is 23.7 Å².